The van der Waals surface area contributed by atoms with Gasteiger partial charge in [0.1, 0.15) is 24.3 Å². The predicted molar refractivity (Wildman–Crippen MR) is 90.9 cm³/mol. The fourth-order valence-electron chi connectivity index (χ4n) is 2.12. The first kappa shape index (κ1) is 19.2. The molecule has 0 fully saturated rings. The van der Waals surface area contributed by atoms with Crippen molar-refractivity contribution in [2.24, 2.45) is 0 Å². The van der Waals surface area contributed by atoms with Gasteiger partial charge < -0.3 is 19.8 Å². The zero-order valence-corrected chi connectivity index (χ0v) is 13.5. The van der Waals surface area contributed by atoms with Crippen LogP contribution in [0, 0.1) is 5.82 Å². The highest BCUT2D eigenvalue weighted by Crippen LogP contribution is 2.14. The molecule has 0 aromatic heterocycles. The maximum Gasteiger partial charge on any atom is 0.123 e. The van der Waals surface area contributed by atoms with Crippen LogP contribution >= 0.6 is 12.4 Å². The summed E-state index contributed by atoms with van der Waals surface area (Å²) in [4.78, 5) is 1.89. The standard InChI is InChI=1S/C17H20FNO3.ClH/c18-14-6-8-17(9-7-14)22-13-16(21)12-19(10-11-20)15-4-2-1-3-5-15;/h1-9,16,20-21H,10-13H2;1H. The molecule has 126 valence electrons. The Morgan fingerprint density at radius 3 is 2.30 bits per heavy atom. The molecule has 0 saturated carbocycles. The van der Waals surface area contributed by atoms with Gasteiger partial charge in [0.15, 0.2) is 0 Å². The van der Waals surface area contributed by atoms with Crippen LogP contribution in [0.2, 0.25) is 0 Å². The Kier molecular flexibility index (Phi) is 8.40. The highest BCUT2D eigenvalue weighted by Gasteiger charge is 2.13. The van der Waals surface area contributed by atoms with Crippen molar-refractivity contribution < 1.29 is 19.3 Å². The monoisotopic (exact) mass is 341 g/mol. The number of ether oxygens (including phenoxy) is 1. The molecule has 0 spiro atoms. The van der Waals surface area contributed by atoms with E-state index in [2.05, 4.69) is 0 Å². The van der Waals surface area contributed by atoms with E-state index in [1.54, 1.807) is 0 Å². The van der Waals surface area contributed by atoms with Gasteiger partial charge in [-0.3, -0.25) is 0 Å². The number of aliphatic hydroxyl groups is 2. The fraction of sp³-hybridized carbons (Fsp3) is 0.294. The summed E-state index contributed by atoms with van der Waals surface area (Å²) in [5, 5.41) is 19.3. The second kappa shape index (κ2) is 10.0. The molecule has 1 unspecified atom stereocenters. The van der Waals surface area contributed by atoms with Crippen molar-refractivity contribution in [1.29, 1.82) is 0 Å². The largest absolute Gasteiger partial charge is 0.491 e. The molecule has 4 nitrogen and oxygen atoms in total. The molecule has 1 atom stereocenters. The molecule has 0 amide bonds. The van der Waals surface area contributed by atoms with Crippen LogP contribution < -0.4 is 9.64 Å². The lowest BCUT2D eigenvalue weighted by molar-refractivity contribution is 0.111. The van der Waals surface area contributed by atoms with Crippen molar-refractivity contribution in [3.05, 3.63) is 60.4 Å². The molecule has 6 heteroatoms. The third-order valence-electron chi connectivity index (χ3n) is 3.18. The van der Waals surface area contributed by atoms with E-state index in [1.165, 1.54) is 24.3 Å². The Morgan fingerprint density at radius 1 is 1.04 bits per heavy atom. The molecule has 2 N–H and O–H groups in total. The van der Waals surface area contributed by atoms with Crippen LogP contribution in [0.5, 0.6) is 5.75 Å². The highest BCUT2D eigenvalue weighted by molar-refractivity contribution is 5.85. The molecule has 0 radical (unpaired) electrons. The summed E-state index contributed by atoms with van der Waals surface area (Å²) in [6.07, 6.45) is -0.725. The minimum Gasteiger partial charge on any atom is -0.491 e. The predicted octanol–water partition coefficient (Wildman–Crippen LogP) is 2.49. The molecule has 2 aromatic rings. The van der Waals surface area contributed by atoms with Crippen LogP contribution in [0.1, 0.15) is 0 Å². The van der Waals surface area contributed by atoms with Crippen molar-refractivity contribution in [1.82, 2.24) is 0 Å². The topological polar surface area (TPSA) is 52.9 Å². The van der Waals surface area contributed by atoms with E-state index in [0.29, 0.717) is 18.8 Å². The van der Waals surface area contributed by atoms with Gasteiger partial charge in [-0.1, -0.05) is 18.2 Å². The third kappa shape index (κ3) is 6.44. The SMILES string of the molecule is Cl.OCCN(CC(O)COc1ccc(F)cc1)c1ccccc1. The zero-order chi connectivity index (χ0) is 15.8. The first-order chi connectivity index (χ1) is 10.7. The summed E-state index contributed by atoms with van der Waals surface area (Å²) in [6.45, 7) is 0.865. The van der Waals surface area contributed by atoms with Crippen molar-refractivity contribution >= 4 is 18.1 Å². The van der Waals surface area contributed by atoms with E-state index < -0.39 is 6.10 Å². The Hall–Kier alpha value is -1.82. The number of hydrogen-bond acceptors (Lipinski definition) is 4. The molecule has 2 rings (SSSR count). The number of para-hydroxylation sites is 1. The van der Waals surface area contributed by atoms with Gasteiger partial charge in [-0.25, -0.2) is 4.39 Å². The minimum atomic E-state index is -0.725. The maximum atomic E-state index is 12.8. The molecule has 23 heavy (non-hydrogen) atoms. The molecule has 0 bridgehead atoms. The van der Waals surface area contributed by atoms with Gasteiger partial charge in [-0.2, -0.15) is 0 Å². The average Bonchev–Trinajstić information content (AvgIpc) is 2.55. The van der Waals surface area contributed by atoms with E-state index in [1.807, 2.05) is 35.2 Å². The Bertz CT molecular complexity index is 554. The number of anilines is 1. The van der Waals surface area contributed by atoms with Gasteiger partial charge in [-0.15, -0.1) is 12.4 Å². The second-order valence-corrected chi connectivity index (χ2v) is 4.92. The number of nitrogens with zero attached hydrogens (tertiary/aromatic N) is 1. The first-order valence-corrected chi connectivity index (χ1v) is 7.16. The van der Waals surface area contributed by atoms with E-state index in [4.69, 9.17) is 9.84 Å². The Morgan fingerprint density at radius 2 is 1.70 bits per heavy atom. The van der Waals surface area contributed by atoms with Crippen LogP contribution in [0.15, 0.2) is 54.6 Å². The summed E-state index contributed by atoms with van der Waals surface area (Å²) in [5.41, 5.74) is 0.928. The van der Waals surface area contributed by atoms with Crippen molar-refractivity contribution in [2.75, 3.05) is 31.2 Å². The van der Waals surface area contributed by atoms with Crippen LogP contribution in [-0.2, 0) is 0 Å². The number of hydrogen-bond donors (Lipinski definition) is 2. The van der Waals surface area contributed by atoms with E-state index in [0.717, 1.165) is 5.69 Å². The summed E-state index contributed by atoms with van der Waals surface area (Å²) < 4.78 is 18.2. The lowest BCUT2D eigenvalue weighted by Gasteiger charge is -2.26. The fourth-order valence-corrected chi connectivity index (χ4v) is 2.12. The van der Waals surface area contributed by atoms with E-state index >= 15 is 0 Å². The summed E-state index contributed by atoms with van der Waals surface area (Å²) in [7, 11) is 0. The number of halogens is 2. The molecular weight excluding hydrogens is 321 g/mol. The Labute approximate surface area is 141 Å². The van der Waals surface area contributed by atoms with Crippen molar-refractivity contribution in [2.45, 2.75) is 6.10 Å². The molecule has 0 aliphatic carbocycles. The van der Waals surface area contributed by atoms with Crippen molar-refractivity contribution in [3.8, 4) is 5.75 Å². The quantitative estimate of drug-likeness (QED) is 0.774. The lowest BCUT2D eigenvalue weighted by Crippen LogP contribution is -2.37. The highest BCUT2D eigenvalue weighted by atomic mass is 35.5. The van der Waals surface area contributed by atoms with Gasteiger partial charge in [0, 0.05) is 18.8 Å². The summed E-state index contributed by atoms with van der Waals surface area (Å²) >= 11 is 0. The van der Waals surface area contributed by atoms with Gasteiger partial charge in [-0.05, 0) is 36.4 Å². The first-order valence-electron chi connectivity index (χ1n) is 7.16. The molecular formula is C17H21ClFNO3. The smallest absolute Gasteiger partial charge is 0.123 e. The van der Waals surface area contributed by atoms with Gasteiger partial charge in [0.2, 0.25) is 0 Å². The molecule has 0 aliphatic heterocycles. The molecule has 0 aliphatic rings. The maximum absolute atomic E-state index is 12.8. The Balaban J connectivity index is 0.00000264. The number of benzene rings is 2. The van der Waals surface area contributed by atoms with Crippen molar-refractivity contribution in [3.63, 3.8) is 0 Å². The third-order valence-corrected chi connectivity index (χ3v) is 3.18. The van der Waals surface area contributed by atoms with Gasteiger partial charge >= 0.3 is 0 Å². The normalized spacial score (nSPS) is 11.4. The summed E-state index contributed by atoms with van der Waals surface area (Å²) in [5.74, 6) is 0.181. The second-order valence-electron chi connectivity index (χ2n) is 4.92. The molecule has 0 saturated heterocycles. The van der Waals surface area contributed by atoms with Gasteiger partial charge in [0.25, 0.3) is 0 Å². The van der Waals surface area contributed by atoms with Crippen LogP contribution in [0.4, 0.5) is 10.1 Å². The number of rotatable bonds is 8. The zero-order valence-electron chi connectivity index (χ0n) is 12.6. The van der Waals surface area contributed by atoms with Gasteiger partial charge in [0.05, 0.1) is 6.61 Å². The lowest BCUT2D eigenvalue weighted by atomic mass is 10.2. The van der Waals surface area contributed by atoms with Crippen LogP contribution in [-0.4, -0.2) is 42.6 Å². The average molecular weight is 342 g/mol. The number of aliphatic hydroxyl groups excluding tert-OH is 2. The van der Waals surface area contributed by atoms with E-state index in [-0.39, 0.29) is 31.4 Å². The summed E-state index contributed by atoms with van der Waals surface area (Å²) in [6, 6.07) is 15.2. The van der Waals surface area contributed by atoms with Crippen LogP contribution in [0.3, 0.4) is 0 Å². The van der Waals surface area contributed by atoms with Crippen LogP contribution in [0.25, 0.3) is 0 Å². The van der Waals surface area contributed by atoms with E-state index in [9.17, 15) is 9.50 Å². The molecule has 2 aromatic carbocycles. The minimum absolute atomic E-state index is 0. The molecule has 0 heterocycles.